The van der Waals surface area contributed by atoms with Crippen LogP contribution in [0.3, 0.4) is 0 Å². The molecule has 2 fully saturated rings. The number of likely N-dealkylation sites (tertiary alicyclic amines) is 1. The van der Waals surface area contributed by atoms with Crippen molar-refractivity contribution in [3.8, 4) is 0 Å². The van der Waals surface area contributed by atoms with E-state index in [4.69, 9.17) is 0 Å². The van der Waals surface area contributed by atoms with Gasteiger partial charge in [-0.25, -0.2) is 9.29 Å². The van der Waals surface area contributed by atoms with Crippen molar-refractivity contribution in [2.75, 3.05) is 0 Å². The third-order valence-electron chi connectivity index (χ3n) is 4.36. The first-order valence-electron chi connectivity index (χ1n) is 7.32. The summed E-state index contributed by atoms with van der Waals surface area (Å²) in [5, 5.41) is 2.30. The minimum absolute atomic E-state index is 0.189. The van der Waals surface area contributed by atoms with E-state index in [9.17, 15) is 14.4 Å². The van der Waals surface area contributed by atoms with E-state index in [2.05, 4.69) is 11.9 Å². The van der Waals surface area contributed by atoms with Crippen LogP contribution >= 0.6 is 0 Å². The average molecular weight is 304 g/mol. The number of rotatable bonds is 1. The minimum atomic E-state index is -2.64. The number of hydrogen-bond acceptors (Lipinski definition) is 3. The van der Waals surface area contributed by atoms with E-state index in [1.54, 1.807) is 12.2 Å². The van der Waals surface area contributed by atoms with Crippen molar-refractivity contribution in [2.45, 2.75) is 38.4 Å². The van der Waals surface area contributed by atoms with Crippen molar-refractivity contribution in [3.05, 3.63) is 35.6 Å². The number of halogens is 1. The molecule has 2 heterocycles. The Labute approximate surface area is 127 Å². The van der Waals surface area contributed by atoms with E-state index in [-0.39, 0.29) is 24.0 Å². The van der Waals surface area contributed by atoms with Crippen LogP contribution < -0.4 is 5.32 Å². The molecule has 1 aliphatic carbocycles. The van der Waals surface area contributed by atoms with Crippen molar-refractivity contribution in [1.29, 1.82) is 0 Å². The largest absolute Gasteiger partial charge is 0.326 e. The highest BCUT2D eigenvalue weighted by molar-refractivity contribution is 6.26. The number of alkyl halides is 1. The number of piperidine rings is 1. The third-order valence-corrected chi connectivity index (χ3v) is 4.36. The maximum atomic E-state index is 15.1. The Bertz CT molecular complexity index is 630. The van der Waals surface area contributed by atoms with Crippen LogP contribution in [-0.4, -0.2) is 28.4 Å². The lowest BCUT2D eigenvalue weighted by Crippen LogP contribution is -2.60. The minimum Gasteiger partial charge on any atom is -0.326 e. The molecule has 0 bridgehead atoms. The van der Waals surface area contributed by atoms with Crippen molar-refractivity contribution >= 4 is 17.7 Å². The lowest BCUT2D eigenvalue weighted by atomic mass is 10.00. The van der Waals surface area contributed by atoms with E-state index in [1.165, 1.54) is 0 Å². The summed E-state index contributed by atoms with van der Waals surface area (Å²) in [7, 11) is 0. The van der Waals surface area contributed by atoms with E-state index in [0.717, 1.165) is 0 Å². The Morgan fingerprint density at radius 1 is 1.23 bits per heavy atom. The summed E-state index contributed by atoms with van der Waals surface area (Å²) in [4.78, 5) is 37.5. The lowest BCUT2D eigenvalue weighted by molar-refractivity contribution is -0.166. The smallest absolute Gasteiger partial charge is 0.283 e. The van der Waals surface area contributed by atoms with Gasteiger partial charge in [-0.15, -0.1) is 0 Å². The number of nitrogens with one attached hydrogen (secondary N) is 1. The van der Waals surface area contributed by atoms with Gasteiger partial charge in [0.25, 0.3) is 23.5 Å². The first kappa shape index (κ1) is 14.7. The molecule has 0 aromatic carbocycles. The standard InChI is InChI=1S/C16H17FN2O3/c1-9-3-5-11-12(6-4-9)14(21)19(13(11)20)16(17)8-7-10(2)18-15(16)22/h5-6,9H,2-4,7-8H2,1H3,(H,18,22). The molecule has 3 aliphatic rings. The van der Waals surface area contributed by atoms with Crippen LogP contribution in [-0.2, 0) is 14.4 Å². The molecule has 1 atom stereocenters. The monoisotopic (exact) mass is 304 g/mol. The summed E-state index contributed by atoms with van der Waals surface area (Å²) in [6, 6.07) is 0. The molecule has 3 rings (SSSR count). The third kappa shape index (κ3) is 2.01. The first-order chi connectivity index (χ1) is 10.3. The molecule has 116 valence electrons. The predicted molar refractivity (Wildman–Crippen MR) is 76.8 cm³/mol. The van der Waals surface area contributed by atoms with Crippen LogP contribution in [0.5, 0.6) is 0 Å². The second-order valence-electron chi connectivity index (χ2n) is 6.07. The van der Waals surface area contributed by atoms with Crippen LogP contribution in [0.15, 0.2) is 35.6 Å². The number of hydrogen-bond donors (Lipinski definition) is 1. The van der Waals surface area contributed by atoms with Gasteiger partial charge in [0.05, 0.1) is 0 Å². The quantitative estimate of drug-likeness (QED) is 0.592. The van der Waals surface area contributed by atoms with Gasteiger partial charge in [-0.3, -0.25) is 14.4 Å². The molecule has 2 aliphatic heterocycles. The molecule has 0 radical (unpaired) electrons. The van der Waals surface area contributed by atoms with Gasteiger partial charge in [0.2, 0.25) is 0 Å². The molecule has 0 saturated carbocycles. The molecule has 0 aromatic rings. The fourth-order valence-corrected chi connectivity index (χ4v) is 2.98. The fourth-order valence-electron chi connectivity index (χ4n) is 2.98. The molecule has 1 unspecified atom stereocenters. The molecule has 3 amide bonds. The highest BCUT2D eigenvalue weighted by Gasteiger charge is 2.57. The van der Waals surface area contributed by atoms with Crippen LogP contribution in [0.1, 0.15) is 32.6 Å². The molecular formula is C16H17FN2O3. The number of carbonyl (C=O) groups excluding carboxylic acids is 3. The zero-order valence-electron chi connectivity index (χ0n) is 12.3. The molecule has 0 aromatic heterocycles. The van der Waals surface area contributed by atoms with Crippen molar-refractivity contribution in [2.24, 2.45) is 5.92 Å². The second kappa shape index (κ2) is 4.90. The zero-order valence-corrected chi connectivity index (χ0v) is 12.3. The summed E-state index contributed by atoms with van der Waals surface area (Å²) in [5.41, 5.74) is 0.811. The van der Waals surface area contributed by atoms with Crippen molar-refractivity contribution < 1.29 is 18.8 Å². The SMILES string of the molecule is C=C1CCC(F)(N2C(=O)C3=CCC(C)CC=C3C2=O)C(=O)N1. The summed E-state index contributed by atoms with van der Waals surface area (Å²) < 4.78 is 15.1. The fraction of sp³-hybridized carbons (Fsp3) is 0.438. The topological polar surface area (TPSA) is 66.5 Å². The Morgan fingerprint density at radius 2 is 1.77 bits per heavy atom. The molecule has 2 saturated heterocycles. The van der Waals surface area contributed by atoms with Gasteiger partial charge in [-0.05, 0) is 25.2 Å². The van der Waals surface area contributed by atoms with Crippen molar-refractivity contribution in [1.82, 2.24) is 10.2 Å². The number of imide groups is 1. The first-order valence-corrected chi connectivity index (χ1v) is 7.32. The van der Waals surface area contributed by atoms with E-state index in [0.29, 0.717) is 29.4 Å². The highest BCUT2D eigenvalue weighted by atomic mass is 19.1. The lowest BCUT2D eigenvalue weighted by Gasteiger charge is -2.35. The van der Waals surface area contributed by atoms with Crippen molar-refractivity contribution in [3.63, 3.8) is 0 Å². The maximum absolute atomic E-state index is 15.1. The van der Waals surface area contributed by atoms with Gasteiger partial charge in [-0.1, -0.05) is 25.7 Å². The molecule has 5 nitrogen and oxygen atoms in total. The Hall–Kier alpha value is -2.24. The summed E-state index contributed by atoms with van der Waals surface area (Å²) in [5.74, 6) is -4.78. The van der Waals surface area contributed by atoms with Crippen LogP contribution in [0.2, 0.25) is 0 Å². The Morgan fingerprint density at radius 3 is 2.27 bits per heavy atom. The van der Waals surface area contributed by atoms with Crippen LogP contribution in [0, 0.1) is 5.92 Å². The van der Waals surface area contributed by atoms with Gasteiger partial charge < -0.3 is 5.32 Å². The molecule has 0 spiro atoms. The Kier molecular flexibility index (Phi) is 3.27. The Balaban J connectivity index is 2.00. The van der Waals surface area contributed by atoms with Gasteiger partial charge >= 0.3 is 0 Å². The second-order valence-corrected chi connectivity index (χ2v) is 6.07. The molecule has 1 N–H and O–H groups in total. The number of carbonyl (C=O) groups is 3. The van der Waals surface area contributed by atoms with E-state index < -0.39 is 23.5 Å². The number of allylic oxidation sites excluding steroid dienone is 3. The van der Waals surface area contributed by atoms with Crippen LogP contribution in [0.4, 0.5) is 4.39 Å². The number of nitrogens with zero attached hydrogens (tertiary/aromatic N) is 1. The predicted octanol–water partition coefficient (Wildman–Crippen LogP) is 1.73. The van der Waals surface area contributed by atoms with Gasteiger partial charge in [0.1, 0.15) is 0 Å². The van der Waals surface area contributed by atoms with Gasteiger partial charge in [0.15, 0.2) is 0 Å². The summed E-state index contributed by atoms with van der Waals surface area (Å²) in [6.07, 6.45) is 4.56. The molecule has 22 heavy (non-hydrogen) atoms. The maximum Gasteiger partial charge on any atom is 0.283 e. The summed E-state index contributed by atoms with van der Waals surface area (Å²) in [6.45, 7) is 5.59. The molecule has 6 heteroatoms. The average Bonchev–Trinajstić information content (AvgIpc) is 2.61. The number of amides is 3. The zero-order chi connectivity index (χ0) is 16.1. The van der Waals surface area contributed by atoms with E-state index in [1.807, 2.05) is 6.92 Å². The normalized spacial score (nSPS) is 29.8. The molecular weight excluding hydrogens is 287 g/mol. The summed E-state index contributed by atoms with van der Waals surface area (Å²) >= 11 is 0. The van der Waals surface area contributed by atoms with Gasteiger partial charge in [-0.2, -0.15) is 0 Å². The van der Waals surface area contributed by atoms with Gasteiger partial charge in [0, 0.05) is 23.3 Å². The number of fused-ring (bicyclic) bond motifs is 1. The van der Waals surface area contributed by atoms with E-state index >= 15 is 4.39 Å². The highest BCUT2D eigenvalue weighted by Crippen LogP contribution is 2.39. The van der Waals surface area contributed by atoms with Crippen LogP contribution in [0.25, 0.3) is 0 Å².